The Kier molecular flexibility index (Phi) is 4.02. The average molecular weight is 291 g/mol. The van der Waals surface area contributed by atoms with Crippen LogP contribution in [-0.2, 0) is 0 Å². The number of amides is 1. The van der Waals surface area contributed by atoms with Gasteiger partial charge < -0.3 is 10.4 Å². The summed E-state index contributed by atoms with van der Waals surface area (Å²) in [5.74, 6) is -2.04. The van der Waals surface area contributed by atoms with Gasteiger partial charge in [-0.05, 0) is 24.6 Å². The number of aromatic nitrogens is 2. The molecule has 0 aliphatic carbocycles. The Labute approximate surface area is 120 Å². The van der Waals surface area contributed by atoms with E-state index in [9.17, 15) is 19.1 Å². The molecule has 7 heteroatoms. The summed E-state index contributed by atoms with van der Waals surface area (Å²) in [6.07, 6.45) is 0. The third-order valence-corrected chi connectivity index (χ3v) is 3.13. The van der Waals surface area contributed by atoms with Crippen molar-refractivity contribution in [3.8, 4) is 0 Å². The molecule has 2 aromatic rings. The van der Waals surface area contributed by atoms with E-state index in [1.54, 1.807) is 19.1 Å². The van der Waals surface area contributed by atoms with Gasteiger partial charge in [0.05, 0.1) is 6.04 Å². The van der Waals surface area contributed by atoms with E-state index >= 15 is 0 Å². The number of hydrogen-bond donors (Lipinski definition) is 2. The number of halogens is 1. The largest absolute Gasteiger partial charge is 0.477 e. The minimum Gasteiger partial charge on any atom is -0.477 e. The lowest BCUT2D eigenvalue weighted by atomic mass is 10.1. The molecule has 21 heavy (non-hydrogen) atoms. The van der Waals surface area contributed by atoms with Crippen LogP contribution in [0.5, 0.6) is 0 Å². The second-order valence-electron chi connectivity index (χ2n) is 4.47. The first-order valence-electron chi connectivity index (χ1n) is 6.24. The molecule has 0 fully saturated rings. The molecule has 110 valence electrons. The van der Waals surface area contributed by atoms with Gasteiger partial charge in [-0.3, -0.25) is 9.48 Å². The van der Waals surface area contributed by atoms with Crippen LogP contribution in [0.4, 0.5) is 4.39 Å². The number of aromatic carboxylic acids is 1. The number of benzene rings is 1. The molecule has 0 spiro atoms. The fourth-order valence-electron chi connectivity index (χ4n) is 1.97. The number of carbonyl (C=O) groups is 2. The van der Waals surface area contributed by atoms with Crippen molar-refractivity contribution in [3.05, 3.63) is 53.1 Å². The Balaban J connectivity index is 2.46. The predicted molar refractivity (Wildman–Crippen MR) is 72.8 cm³/mol. The smallest absolute Gasteiger partial charge is 0.354 e. The molecule has 1 aromatic heterocycles. The molecule has 1 amide bonds. The van der Waals surface area contributed by atoms with Gasteiger partial charge in [0.25, 0.3) is 5.91 Å². The lowest BCUT2D eigenvalue weighted by molar-refractivity contribution is 0.0681. The van der Waals surface area contributed by atoms with Gasteiger partial charge in [0.2, 0.25) is 0 Å². The van der Waals surface area contributed by atoms with Crippen molar-refractivity contribution in [2.45, 2.75) is 13.0 Å². The van der Waals surface area contributed by atoms with Gasteiger partial charge >= 0.3 is 5.97 Å². The normalized spacial score (nSPS) is 12.0. The minimum absolute atomic E-state index is 0.0175. The highest BCUT2D eigenvalue weighted by atomic mass is 19.1. The van der Waals surface area contributed by atoms with Gasteiger partial charge in [0.1, 0.15) is 11.5 Å². The Hall–Kier alpha value is -2.70. The summed E-state index contributed by atoms with van der Waals surface area (Å²) in [4.78, 5) is 22.9. The van der Waals surface area contributed by atoms with Gasteiger partial charge in [-0.2, -0.15) is 5.10 Å². The maximum Gasteiger partial charge on any atom is 0.354 e. The zero-order chi connectivity index (χ0) is 15.6. The number of hydrogen-bond acceptors (Lipinski definition) is 3. The second-order valence-corrected chi connectivity index (χ2v) is 4.47. The van der Waals surface area contributed by atoms with Crippen LogP contribution in [0.15, 0.2) is 30.3 Å². The third kappa shape index (κ3) is 2.91. The molecule has 2 N–H and O–H groups in total. The predicted octanol–water partition coefficient (Wildman–Crippen LogP) is 1.69. The van der Waals surface area contributed by atoms with Crippen LogP contribution in [0.3, 0.4) is 0 Å². The molecule has 0 aliphatic rings. The van der Waals surface area contributed by atoms with Crippen molar-refractivity contribution in [1.29, 1.82) is 0 Å². The molecule has 0 aliphatic heterocycles. The summed E-state index contributed by atoms with van der Waals surface area (Å²) in [5, 5.41) is 15.6. The zero-order valence-corrected chi connectivity index (χ0v) is 11.5. The van der Waals surface area contributed by atoms with Crippen molar-refractivity contribution in [2.75, 3.05) is 7.05 Å². The van der Waals surface area contributed by atoms with E-state index < -0.39 is 17.9 Å². The molecule has 1 atom stereocenters. The van der Waals surface area contributed by atoms with Crippen LogP contribution in [0.25, 0.3) is 0 Å². The Morgan fingerprint density at radius 3 is 2.48 bits per heavy atom. The monoisotopic (exact) mass is 291 g/mol. The summed E-state index contributed by atoms with van der Waals surface area (Å²) in [6, 6.07) is 6.43. The van der Waals surface area contributed by atoms with Crippen molar-refractivity contribution in [2.24, 2.45) is 0 Å². The molecule has 0 saturated heterocycles. The lowest BCUT2D eigenvalue weighted by Crippen LogP contribution is -2.19. The molecule has 1 aromatic carbocycles. The molecule has 2 rings (SSSR count). The molecular formula is C14H14FN3O3. The van der Waals surface area contributed by atoms with E-state index in [4.69, 9.17) is 0 Å². The van der Waals surface area contributed by atoms with Crippen molar-refractivity contribution < 1.29 is 19.1 Å². The summed E-state index contributed by atoms with van der Waals surface area (Å²) in [6.45, 7) is 1.72. The van der Waals surface area contributed by atoms with Crippen molar-refractivity contribution in [3.63, 3.8) is 0 Å². The molecule has 6 nitrogen and oxygen atoms in total. The van der Waals surface area contributed by atoms with Crippen LogP contribution >= 0.6 is 0 Å². The SMILES string of the molecule is CNC(=O)c1cc(C(=O)O)n([C@@H](C)c2ccc(F)cc2)n1. The first kappa shape index (κ1) is 14.7. The number of rotatable bonds is 4. The van der Waals surface area contributed by atoms with E-state index in [2.05, 4.69) is 10.4 Å². The quantitative estimate of drug-likeness (QED) is 0.897. The minimum atomic E-state index is -1.19. The highest BCUT2D eigenvalue weighted by Crippen LogP contribution is 2.20. The fourth-order valence-corrected chi connectivity index (χ4v) is 1.97. The fraction of sp³-hybridized carbons (Fsp3) is 0.214. The standard InChI is InChI=1S/C14H14FN3O3/c1-8(9-3-5-10(15)6-4-9)18-12(14(20)21)7-11(17-18)13(19)16-2/h3-8H,1-2H3,(H,16,19)(H,20,21)/t8-/m0/s1. The highest BCUT2D eigenvalue weighted by Gasteiger charge is 2.22. The van der Waals surface area contributed by atoms with Crippen molar-refractivity contribution in [1.82, 2.24) is 15.1 Å². The summed E-state index contributed by atoms with van der Waals surface area (Å²) >= 11 is 0. The van der Waals surface area contributed by atoms with Crippen LogP contribution in [0, 0.1) is 5.82 Å². The number of carboxylic acids is 1. The van der Waals surface area contributed by atoms with Crippen molar-refractivity contribution >= 4 is 11.9 Å². The van der Waals surface area contributed by atoms with Gasteiger partial charge in [-0.25, -0.2) is 9.18 Å². The molecule has 0 radical (unpaired) electrons. The molecule has 1 heterocycles. The lowest BCUT2D eigenvalue weighted by Gasteiger charge is -2.14. The van der Waals surface area contributed by atoms with Crippen LogP contribution in [0.2, 0.25) is 0 Å². The molecule has 0 bridgehead atoms. The third-order valence-electron chi connectivity index (χ3n) is 3.13. The van der Waals surface area contributed by atoms with Crippen LogP contribution < -0.4 is 5.32 Å². The number of nitrogens with one attached hydrogen (secondary N) is 1. The number of carboxylic acid groups (broad SMARTS) is 1. The Morgan fingerprint density at radius 1 is 1.33 bits per heavy atom. The maximum atomic E-state index is 12.9. The average Bonchev–Trinajstić information content (AvgIpc) is 2.92. The van der Waals surface area contributed by atoms with Crippen LogP contribution in [-0.4, -0.2) is 33.8 Å². The molecule has 0 unspecified atom stereocenters. The van der Waals surface area contributed by atoms with Gasteiger partial charge in [0.15, 0.2) is 5.69 Å². The molecular weight excluding hydrogens is 277 g/mol. The summed E-state index contributed by atoms with van der Waals surface area (Å²) in [5.41, 5.74) is 0.597. The molecule has 0 saturated carbocycles. The summed E-state index contributed by atoms with van der Waals surface area (Å²) in [7, 11) is 1.44. The summed E-state index contributed by atoms with van der Waals surface area (Å²) < 4.78 is 14.2. The second kappa shape index (κ2) is 5.74. The van der Waals surface area contributed by atoms with E-state index in [1.165, 1.54) is 29.9 Å². The number of nitrogens with zero attached hydrogens (tertiary/aromatic N) is 2. The Bertz CT molecular complexity index is 679. The van der Waals surface area contributed by atoms with E-state index in [0.717, 1.165) is 0 Å². The van der Waals surface area contributed by atoms with E-state index in [0.29, 0.717) is 5.56 Å². The zero-order valence-electron chi connectivity index (χ0n) is 11.5. The Morgan fingerprint density at radius 2 is 1.95 bits per heavy atom. The van der Waals surface area contributed by atoms with Gasteiger partial charge in [-0.1, -0.05) is 12.1 Å². The number of carbonyl (C=O) groups excluding carboxylic acids is 1. The van der Waals surface area contributed by atoms with Crippen LogP contribution in [0.1, 0.15) is 39.5 Å². The first-order valence-corrected chi connectivity index (χ1v) is 6.24. The maximum absolute atomic E-state index is 12.9. The van der Waals surface area contributed by atoms with Gasteiger partial charge in [-0.15, -0.1) is 0 Å². The first-order chi connectivity index (χ1) is 9.93. The van der Waals surface area contributed by atoms with E-state index in [1.807, 2.05) is 0 Å². The van der Waals surface area contributed by atoms with Gasteiger partial charge in [0, 0.05) is 13.1 Å². The topological polar surface area (TPSA) is 84.2 Å². The van der Waals surface area contributed by atoms with E-state index in [-0.39, 0.29) is 17.2 Å². The highest BCUT2D eigenvalue weighted by molar-refractivity contribution is 5.95.